The standard InChI is InChI=1S/C15H21F2N3O2S.HI/c1-15(2)10-20(6-7-23(15,21)22)14(18-3)19-9-11-8-12(16)4-5-13(11)17;/h4-5,8H,6-7,9-10H2,1-3H3,(H,18,19);1H. The van der Waals surface area contributed by atoms with Crippen LogP contribution in [0.15, 0.2) is 23.2 Å². The van der Waals surface area contributed by atoms with E-state index in [9.17, 15) is 17.2 Å². The first kappa shape index (κ1) is 21.1. The predicted octanol–water partition coefficient (Wildman–Crippen LogP) is 2.17. The van der Waals surface area contributed by atoms with Gasteiger partial charge in [0, 0.05) is 32.2 Å². The van der Waals surface area contributed by atoms with E-state index in [1.807, 2.05) is 4.90 Å². The van der Waals surface area contributed by atoms with Crippen molar-refractivity contribution in [1.29, 1.82) is 0 Å². The van der Waals surface area contributed by atoms with Crippen LogP contribution in [-0.2, 0) is 16.4 Å². The van der Waals surface area contributed by atoms with Crippen LogP contribution in [-0.4, -0.2) is 49.9 Å². The average Bonchev–Trinajstić information content (AvgIpc) is 2.46. The zero-order valence-corrected chi connectivity index (χ0v) is 17.0. The van der Waals surface area contributed by atoms with Crippen LogP contribution in [0.2, 0.25) is 0 Å². The first-order valence-electron chi connectivity index (χ1n) is 7.28. The summed E-state index contributed by atoms with van der Waals surface area (Å²) < 4.78 is 50.0. The van der Waals surface area contributed by atoms with Crippen molar-refractivity contribution in [3.05, 3.63) is 35.4 Å². The molecule has 5 nitrogen and oxygen atoms in total. The molecule has 1 aliphatic rings. The predicted molar refractivity (Wildman–Crippen MR) is 101 cm³/mol. The Morgan fingerprint density at radius 1 is 1.38 bits per heavy atom. The maximum atomic E-state index is 13.7. The third kappa shape index (κ3) is 4.56. The topological polar surface area (TPSA) is 61.8 Å². The molecule has 0 amide bonds. The Morgan fingerprint density at radius 3 is 2.62 bits per heavy atom. The van der Waals surface area contributed by atoms with Crippen LogP contribution >= 0.6 is 24.0 Å². The molecule has 1 aliphatic heterocycles. The number of sulfone groups is 1. The van der Waals surface area contributed by atoms with Crippen molar-refractivity contribution in [2.75, 3.05) is 25.9 Å². The van der Waals surface area contributed by atoms with Crippen molar-refractivity contribution in [2.24, 2.45) is 4.99 Å². The molecular weight excluding hydrogens is 451 g/mol. The van der Waals surface area contributed by atoms with Gasteiger partial charge in [-0.3, -0.25) is 4.99 Å². The molecule has 0 radical (unpaired) electrons. The quantitative estimate of drug-likeness (QED) is 0.407. The maximum Gasteiger partial charge on any atom is 0.193 e. The van der Waals surface area contributed by atoms with E-state index in [0.29, 0.717) is 19.0 Å². The largest absolute Gasteiger partial charge is 0.352 e. The average molecular weight is 473 g/mol. The van der Waals surface area contributed by atoms with Crippen LogP contribution in [0.5, 0.6) is 0 Å². The van der Waals surface area contributed by atoms with Gasteiger partial charge >= 0.3 is 0 Å². The molecule has 2 rings (SSSR count). The molecule has 0 unspecified atom stereocenters. The highest BCUT2D eigenvalue weighted by molar-refractivity contribution is 14.0. The molecule has 1 aromatic carbocycles. The summed E-state index contributed by atoms with van der Waals surface area (Å²) in [6.07, 6.45) is 0. The van der Waals surface area contributed by atoms with Gasteiger partial charge in [0.1, 0.15) is 11.6 Å². The lowest BCUT2D eigenvalue weighted by molar-refractivity contribution is 0.353. The van der Waals surface area contributed by atoms with Crippen molar-refractivity contribution < 1.29 is 17.2 Å². The molecule has 1 N–H and O–H groups in total. The molecule has 0 saturated carbocycles. The number of halogens is 3. The van der Waals surface area contributed by atoms with E-state index < -0.39 is 26.2 Å². The molecule has 136 valence electrons. The summed E-state index contributed by atoms with van der Waals surface area (Å²) in [5.41, 5.74) is 0.190. The van der Waals surface area contributed by atoms with Gasteiger partial charge in [-0.1, -0.05) is 0 Å². The van der Waals surface area contributed by atoms with Crippen LogP contribution in [0.4, 0.5) is 8.78 Å². The Balaban J connectivity index is 0.00000288. The molecule has 1 saturated heterocycles. The van der Waals surface area contributed by atoms with Crippen molar-refractivity contribution >= 4 is 39.8 Å². The van der Waals surface area contributed by atoms with Gasteiger partial charge in [-0.2, -0.15) is 0 Å². The van der Waals surface area contributed by atoms with Crippen molar-refractivity contribution in [3.63, 3.8) is 0 Å². The summed E-state index contributed by atoms with van der Waals surface area (Å²) in [6, 6.07) is 3.26. The lowest BCUT2D eigenvalue weighted by Crippen LogP contribution is -2.57. The number of aliphatic imine (C=N–C) groups is 1. The summed E-state index contributed by atoms with van der Waals surface area (Å²) in [7, 11) is -1.58. The summed E-state index contributed by atoms with van der Waals surface area (Å²) >= 11 is 0. The second-order valence-corrected chi connectivity index (χ2v) is 8.88. The third-order valence-corrected chi connectivity index (χ3v) is 6.53. The van der Waals surface area contributed by atoms with Gasteiger partial charge in [-0.25, -0.2) is 17.2 Å². The Hall–Kier alpha value is -0.970. The molecular formula is C15H22F2IN3O2S. The fourth-order valence-corrected chi connectivity index (χ4v) is 3.88. The SMILES string of the molecule is CN=C(NCc1cc(F)ccc1F)N1CCS(=O)(=O)C(C)(C)C1.I. The first-order valence-corrected chi connectivity index (χ1v) is 8.93. The highest BCUT2D eigenvalue weighted by Gasteiger charge is 2.40. The highest BCUT2D eigenvalue weighted by atomic mass is 127. The van der Waals surface area contributed by atoms with E-state index in [1.165, 1.54) is 0 Å². The van der Waals surface area contributed by atoms with E-state index in [2.05, 4.69) is 10.3 Å². The van der Waals surface area contributed by atoms with Crippen molar-refractivity contribution in [3.8, 4) is 0 Å². The molecule has 0 atom stereocenters. The normalized spacial score (nSPS) is 19.5. The van der Waals surface area contributed by atoms with Crippen LogP contribution in [0.3, 0.4) is 0 Å². The molecule has 9 heteroatoms. The number of guanidine groups is 1. The fraction of sp³-hybridized carbons (Fsp3) is 0.533. The van der Waals surface area contributed by atoms with E-state index >= 15 is 0 Å². The molecule has 1 heterocycles. The van der Waals surface area contributed by atoms with Crippen LogP contribution in [0, 0.1) is 11.6 Å². The molecule has 1 fully saturated rings. The van der Waals surface area contributed by atoms with Gasteiger partial charge in [-0.15, -0.1) is 24.0 Å². The summed E-state index contributed by atoms with van der Waals surface area (Å²) in [6.45, 7) is 4.03. The van der Waals surface area contributed by atoms with Crippen LogP contribution in [0.1, 0.15) is 19.4 Å². The van der Waals surface area contributed by atoms with Gasteiger partial charge < -0.3 is 10.2 Å². The Morgan fingerprint density at radius 2 is 2.04 bits per heavy atom. The summed E-state index contributed by atoms with van der Waals surface area (Å²) in [4.78, 5) is 5.93. The Kier molecular flexibility index (Phi) is 6.97. The maximum absolute atomic E-state index is 13.7. The second-order valence-electron chi connectivity index (χ2n) is 6.14. The molecule has 0 aromatic heterocycles. The van der Waals surface area contributed by atoms with E-state index in [1.54, 1.807) is 20.9 Å². The number of benzene rings is 1. The minimum absolute atomic E-state index is 0. The number of hydrogen-bond acceptors (Lipinski definition) is 3. The first-order chi connectivity index (χ1) is 10.7. The molecule has 0 aliphatic carbocycles. The fourth-order valence-electron chi connectivity index (χ4n) is 2.51. The zero-order chi connectivity index (χ0) is 17.3. The third-order valence-electron chi connectivity index (χ3n) is 4.00. The van der Waals surface area contributed by atoms with Gasteiger partial charge in [0.2, 0.25) is 0 Å². The van der Waals surface area contributed by atoms with Gasteiger partial charge in [0.15, 0.2) is 15.8 Å². The number of nitrogens with one attached hydrogen (secondary N) is 1. The molecule has 1 aromatic rings. The van der Waals surface area contributed by atoms with E-state index in [-0.39, 0.29) is 41.8 Å². The molecule has 0 spiro atoms. The number of hydrogen-bond donors (Lipinski definition) is 1. The zero-order valence-electron chi connectivity index (χ0n) is 13.8. The van der Waals surface area contributed by atoms with Gasteiger partial charge in [0.05, 0.1) is 10.5 Å². The lowest BCUT2D eigenvalue weighted by Gasteiger charge is -2.39. The van der Waals surface area contributed by atoms with Crippen molar-refractivity contribution in [2.45, 2.75) is 25.1 Å². The smallest absolute Gasteiger partial charge is 0.193 e. The minimum atomic E-state index is -3.15. The van der Waals surface area contributed by atoms with E-state index in [4.69, 9.17) is 0 Å². The second kappa shape index (κ2) is 7.94. The Bertz CT molecular complexity index is 723. The van der Waals surface area contributed by atoms with E-state index in [0.717, 1.165) is 18.2 Å². The minimum Gasteiger partial charge on any atom is -0.352 e. The number of rotatable bonds is 2. The lowest BCUT2D eigenvalue weighted by atomic mass is 10.2. The van der Waals surface area contributed by atoms with Gasteiger partial charge in [-0.05, 0) is 32.0 Å². The molecule has 24 heavy (non-hydrogen) atoms. The monoisotopic (exact) mass is 473 g/mol. The summed E-state index contributed by atoms with van der Waals surface area (Å²) in [5, 5.41) is 2.96. The Labute approximate surface area is 158 Å². The van der Waals surface area contributed by atoms with Gasteiger partial charge in [0.25, 0.3) is 0 Å². The van der Waals surface area contributed by atoms with Crippen molar-refractivity contribution in [1.82, 2.24) is 10.2 Å². The van der Waals surface area contributed by atoms with Crippen LogP contribution in [0.25, 0.3) is 0 Å². The number of nitrogens with zero attached hydrogens (tertiary/aromatic N) is 2. The summed E-state index contributed by atoms with van der Waals surface area (Å²) in [5.74, 6) is -0.509. The highest BCUT2D eigenvalue weighted by Crippen LogP contribution is 2.23. The van der Waals surface area contributed by atoms with Crippen LogP contribution < -0.4 is 5.32 Å². The molecule has 0 bridgehead atoms.